The van der Waals surface area contributed by atoms with E-state index < -0.39 is 25.5 Å². The first-order chi connectivity index (χ1) is 10.5. The Morgan fingerprint density at radius 1 is 1.18 bits per heavy atom. The van der Waals surface area contributed by atoms with Gasteiger partial charge in [-0.3, -0.25) is 14.8 Å². The van der Waals surface area contributed by atoms with Crippen molar-refractivity contribution in [1.29, 1.82) is 0 Å². The Kier molecular flexibility index (Phi) is 3.26. The van der Waals surface area contributed by atoms with Gasteiger partial charge in [-0.25, -0.2) is 13.4 Å². The van der Waals surface area contributed by atoms with Crippen LogP contribution in [0.1, 0.15) is 0 Å². The van der Waals surface area contributed by atoms with Crippen molar-refractivity contribution in [2.45, 2.75) is 4.90 Å². The number of hydrogen-bond acceptors (Lipinski definition) is 6. The molecular weight excluding hydrogens is 310 g/mol. The molecule has 0 saturated heterocycles. The average molecular weight is 319 g/mol. The summed E-state index contributed by atoms with van der Waals surface area (Å²) in [6.45, 7) is 0. The van der Waals surface area contributed by atoms with Gasteiger partial charge < -0.3 is 4.42 Å². The summed E-state index contributed by atoms with van der Waals surface area (Å²) in [5.74, 6) is 0. The molecule has 112 valence electrons. The SMILES string of the molecule is O=[N+]([O-])c1ccccc1S(=O)(=O)Nc1ccc2ocnc2c1. The first-order valence-corrected chi connectivity index (χ1v) is 7.55. The van der Waals surface area contributed by atoms with Gasteiger partial charge in [0.2, 0.25) is 0 Å². The van der Waals surface area contributed by atoms with E-state index in [1.165, 1.54) is 36.7 Å². The average Bonchev–Trinajstić information content (AvgIpc) is 2.94. The molecule has 0 atom stereocenters. The quantitative estimate of drug-likeness (QED) is 0.583. The molecule has 0 amide bonds. The number of hydrogen-bond donors (Lipinski definition) is 1. The topological polar surface area (TPSA) is 115 Å². The smallest absolute Gasteiger partial charge is 0.289 e. The standard InChI is InChI=1S/C13H9N3O5S/c17-16(18)11-3-1-2-4-13(11)22(19,20)15-9-5-6-12-10(7-9)14-8-21-12/h1-8,15H. The lowest BCUT2D eigenvalue weighted by Gasteiger charge is -2.08. The molecule has 2 aromatic carbocycles. The Morgan fingerprint density at radius 2 is 1.95 bits per heavy atom. The lowest BCUT2D eigenvalue weighted by atomic mass is 10.3. The fraction of sp³-hybridized carbons (Fsp3) is 0. The van der Waals surface area contributed by atoms with Crippen LogP contribution in [0.25, 0.3) is 11.1 Å². The van der Waals surface area contributed by atoms with Gasteiger partial charge in [-0.1, -0.05) is 12.1 Å². The van der Waals surface area contributed by atoms with Crippen molar-refractivity contribution in [2.75, 3.05) is 4.72 Å². The first kappa shape index (κ1) is 14.0. The van der Waals surface area contributed by atoms with Crippen LogP contribution in [0.5, 0.6) is 0 Å². The van der Waals surface area contributed by atoms with E-state index >= 15 is 0 Å². The Labute approximate surface area is 124 Å². The van der Waals surface area contributed by atoms with E-state index in [0.29, 0.717) is 11.1 Å². The summed E-state index contributed by atoms with van der Waals surface area (Å²) in [7, 11) is -4.09. The summed E-state index contributed by atoms with van der Waals surface area (Å²) in [5, 5.41) is 11.0. The van der Waals surface area contributed by atoms with Crippen LogP contribution >= 0.6 is 0 Å². The molecule has 8 nitrogen and oxygen atoms in total. The minimum absolute atomic E-state index is 0.236. The number of nitro groups is 1. The third-order valence-corrected chi connectivity index (χ3v) is 4.36. The number of anilines is 1. The Morgan fingerprint density at radius 3 is 2.73 bits per heavy atom. The summed E-state index contributed by atoms with van der Waals surface area (Å²) < 4.78 is 32.0. The highest BCUT2D eigenvalue weighted by molar-refractivity contribution is 7.92. The minimum atomic E-state index is -4.09. The van der Waals surface area contributed by atoms with E-state index in [9.17, 15) is 18.5 Å². The lowest BCUT2D eigenvalue weighted by Crippen LogP contribution is -2.14. The maximum absolute atomic E-state index is 12.3. The molecule has 1 heterocycles. The molecule has 3 aromatic rings. The summed E-state index contributed by atoms with van der Waals surface area (Å²) in [6.07, 6.45) is 1.24. The number of aromatic nitrogens is 1. The molecule has 0 unspecified atom stereocenters. The molecule has 0 saturated carbocycles. The number of fused-ring (bicyclic) bond motifs is 1. The second-order valence-corrected chi connectivity index (χ2v) is 6.02. The number of benzene rings is 2. The Hall–Kier alpha value is -2.94. The number of sulfonamides is 1. The predicted molar refractivity (Wildman–Crippen MR) is 77.9 cm³/mol. The monoisotopic (exact) mass is 319 g/mol. The highest BCUT2D eigenvalue weighted by atomic mass is 32.2. The van der Waals surface area contributed by atoms with Crippen LogP contribution in [0.3, 0.4) is 0 Å². The van der Waals surface area contributed by atoms with Crippen LogP contribution < -0.4 is 4.72 Å². The lowest BCUT2D eigenvalue weighted by molar-refractivity contribution is -0.387. The molecule has 1 aromatic heterocycles. The molecule has 9 heteroatoms. The highest BCUT2D eigenvalue weighted by Crippen LogP contribution is 2.26. The number of nitrogens with zero attached hydrogens (tertiary/aromatic N) is 2. The van der Waals surface area contributed by atoms with Gasteiger partial charge in [0.05, 0.1) is 10.6 Å². The number of oxazole rings is 1. The fourth-order valence-corrected chi connectivity index (χ4v) is 3.19. The summed E-state index contributed by atoms with van der Waals surface area (Å²) in [4.78, 5) is 13.7. The van der Waals surface area contributed by atoms with Crippen molar-refractivity contribution in [1.82, 2.24) is 4.98 Å². The molecule has 0 radical (unpaired) electrons. The molecule has 0 bridgehead atoms. The number of nitrogens with one attached hydrogen (secondary N) is 1. The van der Waals surface area contributed by atoms with Gasteiger partial charge in [0.1, 0.15) is 5.52 Å². The third-order valence-electron chi connectivity index (χ3n) is 2.93. The van der Waals surface area contributed by atoms with Crippen LogP contribution in [-0.4, -0.2) is 18.3 Å². The van der Waals surface area contributed by atoms with Gasteiger partial charge in [0.15, 0.2) is 16.9 Å². The number of rotatable bonds is 4. The van der Waals surface area contributed by atoms with Gasteiger partial charge in [0.25, 0.3) is 15.7 Å². The van der Waals surface area contributed by atoms with E-state index in [4.69, 9.17) is 4.42 Å². The molecule has 1 N–H and O–H groups in total. The van der Waals surface area contributed by atoms with Gasteiger partial charge in [-0.2, -0.15) is 0 Å². The van der Waals surface area contributed by atoms with Gasteiger partial charge in [-0.05, 0) is 24.3 Å². The van der Waals surface area contributed by atoms with Crippen LogP contribution in [0.15, 0.2) is 58.2 Å². The molecule has 0 aliphatic heterocycles. The molecular formula is C13H9N3O5S. The van der Waals surface area contributed by atoms with Crippen molar-refractivity contribution in [3.63, 3.8) is 0 Å². The molecule has 0 aliphatic carbocycles. The minimum Gasteiger partial charge on any atom is -0.443 e. The zero-order valence-electron chi connectivity index (χ0n) is 11.0. The largest absolute Gasteiger partial charge is 0.443 e. The second-order valence-electron chi connectivity index (χ2n) is 4.37. The van der Waals surface area contributed by atoms with Crippen molar-refractivity contribution < 1.29 is 17.8 Å². The zero-order chi connectivity index (χ0) is 15.7. The van der Waals surface area contributed by atoms with Crippen molar-refractivity contribution >= 4 is 32.5 Å². The predicted octanol–water partition coefficient (Wildman–Crippen LogP) is 2.54. The second kappa shape index (κ2) is 5.11. The number of nitro benzene ring substituents is 1. The van der Waals surface area contributed by atoms with Crippen LogP contribution in [0, 0.1) is 10.1 Å². The van der Waals surface area contributed by atoms with Gasteiger partial charge in [0, 0.05) is 6.07 Å². The molecule has 0 fully saturated rings. The van der Waals surface area contributed by atoms with Gasteiger partial charge >= 0.3 is 0 Å². The zero-order valence-corrected chi connectivity index (χ0v) is 11.8. The number of para-hydroxylation sites is 1. The normalized spacial score (nSPS) is 11.5. The van der Waals surface area contributed by atoms with E-state index in [-0.39, 0.29) is 5.69 Å². The molecule has 3 rings (SSSR count). The third kappa shape index (κ3) is 2.49. The fourth-order valence-electron chi connectivity index (χ4n) is 1.97. The van der Waals surface area contributed by atoms with E-state index in [2.05, 4.69) is 9.71 Å². The van der Waals surface area contributed by atoms with Crippen LogP contribution in [-0.2, 0) is 10.0 Å². The summed E-state index contributed by atoms with van der Waals surface area (Å²) in [5.41, 5.74) is 0.730. The Balaban J connectivity index is 2.01. The van der Waals surface area contributed by atoms with Crippen molar-refractivity contribution in [2.24, 2.45) is 0 Å². The highest BCUT2D eigenvalue weighted by Gasteiger charge is 2.25. The molecule has 0 aliphatic rings. The Bertz CT molecular complexity index is 964. The first-order valence-electron chi connectivity index (χ1n) is 6.07. The molecule has 22 heavy (non-hydrogen) atoms. The van der Waals surface area contributed by atoms with Gasteiger partial charge in [-0.15, -0.1) is 0 Å². The van der Waals surface area contributed by atoms with E-state index in [0.717, 1.165) is 6.07 Å². The van der Waals surface area contributed by atoms with Crippen LogP contribution in [0.4, 0.5) is 11.4 Å². The molecule has 0 spiro atoms. The maximum atomic E-state index is 12.3. The maximum Gasteiger partial charge on any atom is 0.289 e. The van der Waals surface area contributed by atoms with E-state index in [1.807, 2.05) is 0 Å². The summed E-state index contributed by atoms with van der Waals surface area (Å²) >= 11 is 0. The van der Waals surface area contributed by atoms with Crippen LogP contribution in [0.2, 0.25) is 0 Å². The summed E-state index contributed by atoms with van der Waals surface area (Å²) in [6, 6.07) is 9.65. The van der Waals surface area contributed by atoms with Crippen molar-refractivity contribution in [3.05, 3.63) is 59.0 Å². The van der Waals surface area contributed by atoms with E-state index in [1.54, 1.807) is 6.07 Å². The van der Waals surface area contributed by atoms with Crippen molar-refractivity contribution in [3.8, 4) is 0 Å².